The fourth-order valence-corrected chi connectivity index (χ4v) is 4.33. The monoisotopic (exact) mass is 421 g/mol. The number of amides is 1. The van der Waals surface area contributed by atoms with Gasteiger partial charge in [-0.05, 0) is 62.2 Å². The van der Waals surface area contributed by atoms with Gasteiger partial charge in [-0.1, -0.05) is 12.1 Å². The largest absolute Gasteiger partial charge is 0.487 e. The molecule has 1 saturated heterocycles. The van der Waals surface area contributed by atoms with Crippen molar-refractivity contribution in [3.63, 3.8) is 0 Å². The van der Waals surface area contributed by atoms with Crippen molar-refractivity contribution >= 4 is 22.9 Å². The second kappa shape index (κ2) is 8.88. The van der Waals surface area contributed by atoms with E-state index in [1.165, 1.54) is 16.8 Å². The molecule has 1 aliphatic heterocycles. The molecule has 30 heavy (non-hydrogen) atoms. The van der Waals surface area contributed by atoms with E-state index in [9.17, 15) is 4.79 Å². The van der Waals surface area contributed by atoms with Crippen LogP contribution in [0.2, 0.25) is 0 Å². The van der Waals surface area contributed by atoms with Crippen molar-refractivity contribution in [1.29, 1.82) is 0 Å². The van der Waals surface area contributed by atoms with Crippen molar-refractivity contribution in [2.45, 2.75) is 27.4 Å². The van der Waals surface area contributed by atoms with Crippen molar-refractivity contribution in [3.8, 4) is 5.75 Å². The average molecular weight is 422 g/mol. The van der Waals surface area contributed by atoms with Gasteiger partial charge in [-0.15, -0.1) is 11.3 Å². The minimum atomic E-state index is 0.0808. The number of rotatable bonds is 5. The summed E-state index contributed by atoms with van der Waals surface area (Å²) in [6, 6.07) is 13.8. The van der Waals surface area contributed by atoms with Gasteiger partial charge in [-0.25, -0.2) is 4.98 Å². The minimum absolute atomic E-state index is 0.0808. The number of thiazole rings is 1. The quantitative estimate of drug-likeness (QED) is 0.604. The van der Waals surface area contributed by atoms with Gasteiger partial charge >= 0.3 is 0 Å². The Kier molecular flexibility index (Phi) is 6.04. The maximum Gasteiger partial charge on any atom is 0.253 e. The molecule has 2 heterocycles. The van der Waals surface area contributed by atoms with Gasteiger partial charge in [0.05, 0.1) is 10.7 Å². The van der Waals surface area contributed by atoms with Crippen LogP contribution in [0.5, 0.6) is 5.75 Å². The number of aryl methyl sites for hydroxylation is 2. The van der Waals surface area contributed by atoms with E-state index in [0.29, 0.717) is 12.2 Å². The summed E-state index contributed by atoms with van der Waals surface area (Å²) in [5.74, 6) is 0.828. The molecule has 156 valence electrons. The van der Waals surface area contributed by atoms with Crippen LogP contribution < -0.4 is 9.64 Å². The summed E-state index contributed by atoms with van der Waals surface area (Å²) >= 11 is 1.62. The lowest BCUT2D eigenvalue weighted by molar-refractivity contribution is 0.0746. The van der Waals surface area contributed by atoms with Crippen LogP contribution in [0.1, 0.15) is 32.2 Å². The number of nitrogens with zero attached hydrogens (tertiary/aromatic N) is 3. The summed E-state index contributed by atoms with van der Waals surface area (Å²) in [7, 11) is 0. The fraction of sp³-hybridized carbons (Fsp3) is 0.333. The Morgan fingerprint density at radius 3 is 2.43 bits per heavy atom. The number of piperazine rings is 1. The Morgan fingerprint density at radius 1 is 1.03 bits per heavy atom. The van der Waals surface area contributed by atoms with E-state index in [2.05, 4.69) is 41.9 Å². The summed E-state index contributed by atoms with van der Waals surface area (Å²) in [6.07, 6.45) is 0. The van der Waals surface area contributed by atoms with Crippen molar-refractivity contribution in [3.05, 3.63) is 75.2 Å². The zero-order chi connectivity index (χ0) is 21.1. The summed E-state index contributed by atoms with van der Waals surface area (Å²) < 4.78 is 5.78. The zero-order valence-electron chi connectivity index (χ0n) is 17.7. The van der Waals surface area contributed by atoms with E-state index in [4.69, 9.17) is 4.74 Å². The molecule has 0 saturated carbocycles. The van der Waals surface area contributed by atoms with Crippen LogP contribution in [0.15, 0.2) is 47.8 Å². The molecule has 0 unspecified atom stereocenters. The maximum absolute atomic E-state index is 12.9. The van der Waals surface area contributed by atoms with Gasteiger partial charge in [-0.3, -0.25) is 4.79 Å². The van der Waals surface area contributed by atoms with Gasteiger partial charge in [0, 0.05) is 42.8 Å². The highest BCUT2D eigenvalue weighted by Gasteiger charge is 2.23. The third-order valence-corrected chi connectivity index (χ3v) is 6.46. The lowest BCUT2D eigenvalue weighted by Gasteiger charge is -2.37. The average Bonchev–Trinajstić information content (AvgIpc) is 3.19. The second-order valence-electron chi connectivity index (χ2n) is 7.67. The second-order valence-corrected chi connectivity index (χ2v) is 8.73. The van der Waals surface area contributed by atoms with Gasteiger partial charge in [0.15, 0.2) is 0 Å². The number of aromatic nitrogens is 1. The molecule has 0 spiro atoms. The highest BCUT2D eigenvalue weighted by Crippen LogP contribution is 2.24. The molecule has 1 fully saturated rings. The SMILES string of the molecule is Cc1nc(COc2ccc(C(=O)N3CCN(c4cccc(C)c4C)CC3)cc2)cs1. The highest BCUT2D eigenvalue weighted by atomic mass is 32.1. The molecule has 5 nitrogen and oxygen atoms in total. The number of ether oxygens (including phenoxy) is 1. The molecule has 0 radical (unpaired) electrons. The Morgan fingerprint density at radius 2 is 1.77 bits per heavy atom. The number of hydrogen-bond donors (Lipinski definition) is 0. The van der Waals surface area contributed by atoms with Gasteiger partial charge in [0.25, 0.3) is 5.91 Å². The third kappa shape index (κ3) is 4.49. The Labute approximate surface area is 181 Å². The van der Waals surface area contributed by atoms with E-state index in [0.717, 1.165) is 42.6 Å². The first-order valence-electron chi connectivity index (χ1n) is 10.3. The molecule has 0 aliphatic carbocycles. The third-order valence-electron chi connectivity index (χ3n) is 5.64. The maximum atomic E-state index is 12.9. The topological polar surface area (TPSA) is 45.7 Å². The molecule has 0 bridgehead atoms. The molecule has 0 N–H and O–H groups in total. The van der Waals surface area contributed by atoms with Crippen LogP contribution in [-0.2, 0) is 6.61 Å². The van der Waals surface area contributed by atoms with Gasteiger partial charge in [0.1, 0.15) is 12.4 Å². The first kappa shape index (κ1) is 20.4. The summed E-state index contributed by atoms with van der Waals surface area (Å²) in [5, 5.41) is 3.04. The predicted molar refractivity (Wildman–Crippen MR) is 122 cm³/mol. The molecular weight excluding hydrogens is 394 g/mol. The van der Waals surface area contributed by atoms with Gasteiger partial charge in [-0.2, -0.15) is 0 Å². The summed E-state index contributed by atoms with van der Waals surface area (Å²) in [4.78, 5) is 21.6. The van der Waals surface area contributed by atoms with E-state index in [1.54, 1.807) is 11.3 Å². The van der Waals surface area contributed by atoms with E-state index in [-0.39, 0.29) is 5.91 Å². The van der Waals surface area contributed by atoms with Crippen LogP contribution in [0.4, 0.5) is 5.69 Å². The van der Waals surface area contributed by atoms with E-state index in [1.807, 2.05) is 41.5 Å². The molecule has 2 aromatic carbocycles. The first-order valence-corrected chi connectivity index (χ1v) is 11.1. The number of anilines is 1. The van der Waals surface area contributed by atoms with Crippen LogP contribution in [0, 0.1) is 20.8 Å². The summed E-state index contributed by atoms with van der Waals surface area (Å²) in [6.45, 7) is 9.90. The number of hydrogen-bond acceptors (Lipinski definition) is 5. The lowest BCUT2D eigenvalue weighted by atomic mass is 10.1. The fourth-order valence-electron chi connectivity index (χ4n) is 3.74. The number of carbonyl (C=O) groups excluding carboxylic acids is 1. The van der Waals surface area contributed by atoms with Crippen molar-refractivity contribution in [2.75, 3.05) is 31.1 Å². The molecular formula is C24H27N3O2S. The van der Waals surface area contributed by atoms with Crippen molar-refractivity contribution in [1.82, 2.24) is 9.88 Å². The molecule has 1 aromatic heterocycles. The molecule has 3 aromatic rings. The standard InChI is InChI=1S/C24H27N3O2S/c1-17-5-4-6-23(18(17)2)26-11-13-27(14-12-26)24(28)20-7-9-22(10-8-20)29-15-21-16-30-19(3)25-21/h4-10,16H,11-15H2,1-3H3. The molecule has 6 heteroatoms. The van der Waals surface area contributed by atoms with Crippen molar-refractivity contribution < 1.29 is 9.53 Å². The number of carbonyl (C=O) groups is 1. The lowest BCUT2D eigenvalue weighted by Crippen LogP contribution is -2.49. The van der Waals surface area contributed by atoms with Crippen LogP contribution in [0.25, 0.3) is 0 Å². The van der Waals surface area contributed by atoms with Crippen LogP contribution in [0.3, 0.4) is 0 Å². The molecule has 0 atom stereocenters. The Hall–Kier alpha value is -2.86. The van der Waals surface area contributed by atoms with Gasteiger partial charge in [0.2, 0.25) is 0 Å². The smallest absolute Gasteiger partial charge is 0.253 e. The predicted octanol–water partition coefficient (Wildman–Crippen LogP) is 4.61. The van der Waals surface area contributed by atoms with Gasteiger partial charge < -0.3 is 14.5 Å². The Balaban J connectivity index is 1.33. The summed E-state index contributed by atoms with van der Waals surface area (Å²) in [5.41, 5.74) is 5.53. The first-order chi connectivity index (χ1) is 14.5. The van der Waals surface area contributed by atoms with Crippen LogP contribution >= 0.6 is 11.3 Å². The normalized spacial score (nSPS) is 14.1. The zero-order valence-corrected chi connectivity index (χ0v) is 18.5. The molecule has 4 rings (SSSR count). The minimum Gasteiger partial charge on any atom is -0.487 e. The Bertz CT molecular complexity index is 1020. The van der Waals surface area contributed by atoms with Crippen molar-refractivity contribution in [2.24, 2.45) is 0 Å². The molecule has 1 amide bonds. The molecule has 1 aliphatic rings. The van der Waals surface area contributed by atoms with E-state index >= 15 is 0 Å². The van der Waals surface area contributed by atoms with Crippen LogP contribution in [-0.4, -0.2) is 42.0 Å². The van der Waals surface area contributed by atoms with E-state index < -0.39 is 0 Å². The highest BCUT2D eigenvalue weighted by molar-refractivity contribution is 7.09. The number of benzene rings is 2.